The minimum Gasteiger partial charge on any atom is -0.508 e. The molecule has 5 atom stereocenters. The molecule has 0 amide bonds. The standard InChI is InChI=1S/C19H29NO/c1-13(3-4-15-6-9-18(21)10-7-15)20-14(2)19-12-16-5-8-17(19)11-16/h6-7,9-10,13-14,16-17,19-21H,3-5,8,11-12H2,1-2H3. The van der Waals surface area contributed by atoms with Gasteiger partial charge in [-0.15, -0.1) is 0 Å². The fourth-order valence-electron chi connectivity index (χ4n) is 4.61. The maximum Gasteiger partial charge on any atom is 0.115 e. The summed E-state index contributed by atoms with van der Waals surface area (Å²) in [6, 6.07) is 8.85. The largest absolute Gasteiger partial charge is 0.508 e. The molecule has 2 aliphatic rings. The SMILES string of the molecule is CC(CCc1ccc(O)cc1)NC(C)C1CC2CCC1C2. The summed E-state index contributed by atoms with van der Waals surface area (Å²) in [5.41, 5.74) is 1.31. The normalized spacial score (nSPS) is 30.5. The van der Waals surface area contributed by atoms with E-state index in [9.17, 15) is 5.11 Å². The van der Waals surface area contributed by atoms with Crippen molar-refractivity contribution < 1.29 is 5.11 Å². The smallest absolute Gasteiger partial charge is 0.115 e. The first-order valence-electron chi connectivity index (χ1n) is 8.65. The van der Waals surface area contributed by atoms with Crippen LogP contribution in [0.1, 0.15) is 51.5 Å². The molecule has 1 aromatic carbocycles. The summed E-state index contributed by atoms with van der Waals surface area (Å²) in [7, 11) is 0. The van der Waals surface area contributed by atoms with Crippen LogP contribution in [0, 0.1) is 17.8 Å². The van der Waals surface area contributed by atoms with Gasteiger partial charge in [0.15, 0.2) is 0 Å². The quantitative estimate of drug-likeness (QED) is 0.824. The third-order valence-electron chi connectivity index (χ3n) is 5.78. The van der Waals surface area contributed by atoms with Crippen molar-refractivity contribution >= 4 is 0 Å². The van der Waals surface area contributed by atoms with E-state index in [0.29, 0.717) is 17.8 Å². The van der Waals surface area contributed by atoms with Gasteiger partial charge in [0.05, 0.1) is 0 Å². The second-order valence-electron chi connectivity index (χ2n) is 7.40. The van der Waals surface area contributed by atoms with Crippen molar-refractivity contribution in [2.75, 3.05) is 0 Å². The number of hydrogen-bond acceptors (Lipinski definition) is 2. The number of aromatic hydroxyl groups is 1. The van der Waals surface area contributed by atoms with Gasteiger partial charge in [-0.05, 0) is 81.4 Å². The van der Waals surface area contributed by atoms with Crippen molar-refractivity contribution in [1.82, 2.24) is 5.32 Å². The van der Waals surface area contributed by atoms with E-state index in [2.05, 4.69) is 19.2 Å². The average Bonchev–Trinajstić information content (AvgIpc) is 3.09. The molecule has 0 spiro atoms. The van der Waals surface area contributed by atoms with Gasteiger partial charge in [0.1, 0.15) is 5.75 Å². The summed E-state index contributed by atoms with van der Waals surface area (Å²) in [5.74, 6) is 3.31. The van der Waals surface area contributed by atoms with Crippen molar-refractivity contribution in [1.29, 1.82) is 0 Å². The molecule has 21 heavy (non-hydrogen) atoms. The Morgan fingerprint density at radius 2 is 1.90 bits per heavy atom. The van der Waals surface area contributed by atoms with E-state index in [0.717, 1.165) is 30.6 Å². The lowest BCUT2D eigenvalue weighted by molar-refractivity contribution is 0.245. The van der Waals surface area contributed by atoms with Gasteiger partial charge in [0, 0.05) is 12.1 Å². The van der Waals surface area contributed by atoms with Crippen molar-refractivity contribution in [2.24, 2.45) is 17.8 Å². The van der Waals surface area contributed by atoms with Crippen LogP contribution in [0.4, 0.5) is 0 Å². The first kappa shape index (κ1) is 14.9. The van der Waals surface area contributed by atoms with Gasteiger partial charge in [-0.25, -0.2) is 0 Å². The summed E-state index contributed by atoms with van der Waals surface area (Å²) in [6.07, 6.45) is 8.17. The lowest BCUT2D eigenvalue weighted by Crippen LogP contribution is -2.41. The zero-order chi connectivity index (χ0) is 14.8. The molecule has 2 saturated carbocycles. The summed E-state index contributed by atoms with van der Waals surface area (Å²) in [4.78, 5) is 0. The predicted molar refractivity (Wildman–Crippen MR) is 87.4 cm³/mol. The minimum absolute atomic E-state index is 0.356. The van der Waals surface area contributed by atoms with Crippen LogP contribution in [-0.2, 0) is 6.42 Å². The molecule has 1 aromatic rings. The highest BCUT2D eigenvalue weighted by atomic mass is 16.3. The number of aryl methyl sites for hydroxylation is 1. The second kappa shape index (κ2) is 6.39. The Bertz CT molecular complexity index is 455. The molecule has 5 unspecified atom stereocenters. The number of benzene rings is 1. The Balaban J connectivity index is 1.43. The Morgan fingerprint density at radius 1 is 1.14 bits per heavy atom. The minimum atomic E-state index is 0.356. The van der Waals surface area contributed by atoms with E-state index in [1.54, 1.807) is 12.1 Å². The number of phenolic OH excluding ortho intramolecular Hbond substituents is 1. The Labute approximate surface area is 129 Å². The molecule has 0 radical (unpaired) electrons. The maximum atomic E-state index is 9.31. The van der Waals surface area contributed by atoms with E-state index in [4.69, 9.17) is 0 Å². The average molecular weight is 287 g/mol. The highest BCUT2D eigenvalue weighted by molar-refractivity contribution is 5.25. The monoisotopic (exact) mass is 287 g/mol. The van der Waals surface area contributed by atoms with Gasteiger partial charge in [-0.3, -0.25) is 0 Å². The fraction of sp³-hybridized carbons (Fsp3) is 0.684. The topological polar surface area (TPSA) is 32.3 Å². The van der Waals surface area contributed by atoms with Crippen LogP contribution < -0.4 is 5.32 Å². The van der Waals surface area contributed by atoms with E-state index >= 15 is 0 Å². The molecule has 0 saturated heterocycles. The molecule has 2 nitrogen and oxygen atoms in total. The number of fused-ring (bicyclic) bond motifs is 2. The zero-order valence-electron chi connectivity index (χ0n) is 13.4. The van der Waals surface area contributed by atoms with Gasteiger partial charge in [-0.1, -0.05) is 18.6 Å². The Kier molecular flexibility index (Phi) is 4.54. The van der Waals surface area contributed by atoms with Crippen LogP contribution >= 0.6 is 0 Å². The van der Waals surface area contributed by atoms with Crippen molar-refractivity contribution in [2.45, 2.75) is 64.5 Å². The molecule has 3 rings (SSSR count). The van der Waals surface area contributed by atoms with Crippen LogP contribution in [0.3, 0.4) is 0 Å². The summed E-state index contributed by atoms with van der Waals surface area (Å²) in [6.45, 7) is 4.70. The van der Waals surface area contributed by atoms with Gasteiger partial charge in [-0.2, -0.15) is 0 Å². The first-order chi connectivity index (χ1) is 10.1. The van der Waals surface area contributed by atoms with E-state index in [1.165, 1.54) is 31.2 Å². The predicted octanol–water partition coefficient (Wildman–Crippen LogP) is 4.13. The Morgan fingerprint density at radius 3 is 2.52 bits per heavy atom. The molecule has 116 valence electrons. The molecule has 0 aliphatic heterocycles. The maximum absolute atomic E-state index is 9.31. The molecule has 2 fully saturated rings. The van der Waals surface area contributed by atoms with E-state index < -0.39 is 0 Å². The van der Waals surface area contributed by atoms with Crippen LogP contribution in [0.5, 0.6) is 5.75 Å². The van der Waals surface area contributed by atoms with E-state index in [1.807, 2.05) is 12.1 Å². The number of rotatable bonds is 6. The van der Waals surface area contributed by atoms with Gasteiger partial charge in [0.25, 0.3) is 0 Å². The highest BCUT2D eigenvalue weighted by Crippen LogP contribution is 2.49. The molecule has 2 bridgehead atoms. The van der Waals surface area contributed by atoms with Crippen LogP contribution in [0.25, 0.3) is 0 Å². The fourth-order valence-corrected chi connectivity index (χ4v) is 4.61. The molecule has 0 heterocycles. The molecular weight excluding hydrogens is 258 g/mol. The third kappa shape index (κ3) is 3.60. The van der Waals surface area contributed by atoms with Crippen molar-refractivity contribution in [3.8, 4) is 5.75 Å². The van der Waals surface area contributed by atoms with Gasteiger partial charge in [0.2, 0.25) is 0 Å². The molecular formula is C19H29NO. The summed E-state index contributed by atoms with van der Waals surface area (Å²) < 4.78 is 0. The van der Waals surface area contributed by atoms with Crippen LogP contribution in [-0.4, -0.2) is 17.2 Å². The molecule has 0 aromatic heterocycles. The molecule has 2 aliphatic carbocycles. The summed E-state index contributed by atoms with van der Waals surface area (Å²) >= 11 is 0. The van der Waals surface area contributed by atoms with Crippen molar-refractivity contribution in [3.05, 3.63) is 29.8 Å². The highest BCUT2D eigenvalue weighted by Gasteiger charge is 2.41. The molecule has 2 heteroatoms. The lowest BCUT2D eigenvalue weighted by Gasteiger charge is -2.31. The first-order valence-corrected chi connectivity index (χ1v) is 8.65. The second-order valence-corrected chi connectivity index (χ2v) is 7.40. The third-order valence-corrected chi connectivity index (χ3v) is 5.78. The van der Waals surface area contributed by atoms with Crippen LogP contribution in [0.2, 0.25) is 0 Å². The summed E-state index contributed by atoms with van der Waals surface area (Å²) in [5, 5.41) is 13.2. The zero-order valence-corrected chi connectivity index (χ0v) is 13.4. The number of nitrogens with one attached hydrogen (secondary N) is 1. The van der Waals surface area contributed by atoms with Gasteiger partial charge < -0.3 is 10.4 Å². The lowest BCUT2D eigenvalue weighted by atomic mass is 9.83. The van der Waals surface area contributed by atoms with Crippen molar-refractivity contribution in [3.63, 3.8) is 0 Å². The van der Waals surface area contributed by atoms with E-state index in [-0.39, 0.29) is 0 Å². The molecule has 2 N–H and O–H groups in total. The van der Waals surface area contributed by atoms with Gasteiger partial charge >= 0.3 is 0 Å². The Hall–Kier alpha value is -1.02. The number of hydrogen-bond donors (Lipinski definition) is 2. The number of phenols is 1. The van der Waals surface area contributed by atoms with Crippen LogP contribution in [0.15, 0.2) is 24.3 Å².